The molecule has 0 radical (unpaired) electrons. The Hall–Kier alpha value is -0.980. The zero-order chi connectivity index (χ0) is 14.0. The van der Waals surface area contributed by atoms with E-state index in [-0.39, 0.29) is 6.04 Å². The molecule has 2 heterocycles. The summed E-state index contributed by atoms with van der Waals surface area (Å²) < 4.78 is 5.34. The number of hydrogen-bond donors (Lipinski definition) is 1. The summed E-state index contributed by atoms with van der Waals surface area (Å²) in [6.45, 7) is 8.42. The van der Waals surface area contributed by atoms with Crippen molar-refractivity contribution in [2.75, 3.05) is 19.8 Å². The number of hydrogen-bond acceptors (Lipinski definition) is 5. The van der Waals surface area contributed by atoms with Crippen LogP contribution in [-0.4, -0.2) is 46.8 Å². The first-order chi connectivity index (χ1) is 9.02. The first-order valence-electron chi connectivity index (χ1n) is 6.50. The fraction of sp³-hybridized carbons (Fsp3) is 0.692. The maximum Gasteiger partial charge on any atom is 0.310 e. The molecular weight excluding hydrogens is 264 g/mol. The van der Waals surface area contributed by atoms with Crippen LogP contribution >= 0.6 is 11.3 Å². The van der Waals surface area contributed by atoms with Gasteiger partial charge in [0.25, 0.3) is 0 Å². The topological polar surface area (TPSA) is 62.7 Å². The van der Waals surface area contributed by atoms with E-state index in [4.69, 9.17) is 4.74 Å². The number of likely N-dealkylation sites (N-methyl/N-ethyl adjacent to an activating group) is 1. The molecule has 19 heavy (non-hydrogen) atoms. The van der Waals surface area contributed by atoms with Crippen molar-refractivity contribution in [1.82, 2.24) is 9.88 Å². The Morgan fingerprint density at radius 3 is 2.79 bits per heavy atom. The number of aryl methyl sites for hydroxylation is 2. The van der Waals surface area contributed by atoms with Gasteiger partial charge in [-0.2, -0.15) is 0 Å². The molecule has 2 atom stereocenters. The van der Waals surface area contributed by atoms with Crippen LogP contribution in [0.3, 0.4) is 0 Å². The lowest BCUT2D eigenvalue weighted by molar-refractivity contribution is -0.143. The molecule has 2 unspecified atom stereocenters. The van der Waals surface area contributed by atoms with Gasteiger partial charge in [-0.05, 0) is 20.4 Å². The molecule has 6 heteroatoms. The molecule has 0 bridgehead atoms. The molecule has 1 fully saturated rings. The summed E-state index contributed by atoms with van der Waals surface area (Å²) >= 11 is 1.69. The van der Waals surface area contributed by atoms with Crippen molar-refractivity contribution in [3.63, 3.8) is 0 Å². The molecule has 0 aliphatic carbocycles. The van der Waals surface area contributed by atoms with Gasteiger partial charge in [0, 0.05) is 10.9 Å². The van der Waals surface area contributed by atoms with Crippen LogP contribution in [0.5, 0.6) is 0 Å². The standard InChI is InChI=1S/C13H20N2O3S/c1-4-15(5-12-14-8(2)9(3)19-12)11-7-18-6-10(11)13(16)17/h10-11H,4-7H2,1-3H3,(H,16,17). The lowest BCUT2D eigenvalue weighted by Gasteiger charge is -2.28. The van der Waals surface area contributed by atoms with E-state index in [0.717, 1.165) is 17.2 Å². The van der Waals surface area contributed by atoms with Crippen molar-refractivity contribution in [3.8, 4) is 0 Å². The zero-order valence-electron chi connectivity index (χ0n) is 11.5. The maximum atomic E-state index is 11.2. The van der Waals surface area contributed by atoms with E-state index in [0.29, 0.717) is 19.8 Å². The second kappa shape index (κ2) is 5.98. The minimum Gasteiger partial charge on any atom is -0.481 e. The van der Waals surface area contributed by atoms with Crippen molar-refractivity contribution in [1.29, 1.82) is 0 Å². The fourth-order valence-electron chi connectivity index (χ4n) is 2.38. The molecule has 0 saturated carbocycles. The van der Waals surface area contributed by atoms with Gasteiger partial charge >= 0.3 is 5.97 Å². The smallest absolute Gasteiger partial charge is 0.310 e. The van der Waals surface area contributed by atoms with Crippen molar-refractivity contribution in [3.05, 3.63) is 15.6 Å². The van der Waals surface area contributed by atoms with Crippen LogP contribution in [0.4, 0.5) is 0 Å². The first-order valence-corrected chi connectivity index (χ1v) is 7.32. The molecule has 2 rings (SSSR count). The molecular formula is C13H20N2O3S. The normalized spacial score (nSPS) is 23.2. The third kappa shape index (κ3) is 3.13. The van der Waals surface area contributed by atoms with Gasteiger partial charge in [-0.15, -0.1) is 11.3 Å². The second-order valence-corrected chi connectivity index (χ2v) is 6.15. The van der Waals surface area contributed by atoms with E-state index in [9.17, 15) is 9.90 Å². The van der Waals surface area contributed by atoms with Crippen LogP contribution in [-0.2, 0) is 16.1 Å². The summed E-state index contributed by atoms with van der Waals surface area (Å²) in [5.74, 6) is -1.20. The third-order valence-corrected chi connectivity index (χ3v) is 4.71. The number of rotatable bonds is 5. The highest BCUT2D eigenvalue weighted by Gasteiger charge is 2.37. The largest absolute Gasteiger partial charge is 0.481 e. The molecule has 0 spiro atoms. The molecule has 1 aromatic rings. The molecule has 1 N–H and O–H groups in total. The number of thiazole rings is 1. The molecule has 1 aliphatic heterocycles. The molecule has 0 aromatic carbocycles. The molecule has 106 valence electrons. The van der Waals surface area contributed by atoms with E-state index in [2.05, 4.69) is 16.8 Å². The SMILES string of the molecule is CCN(Cc1nc(C)c(C)s1)C1COCC1C(=O)O. The Morgan fingerprint density at radius 2 is 2.26 bits per heavy atom. The van der Waals surface area contributed by atoms with Gasteiger partial charge in [-0.1, -0.05) is 6.92 Å². The number of carboxylic acids is 1. The number of carboxylic acid groups (broad SMARTS) is 1. The van der Waals surface area contributed by atoms with Gasteiger partial charge in [0.1, 0.15) is 5.01 Å². The van der Waals surface area contributed by atoms with Crippen LogP contribution in [0.1, 0.15) is 22.5 Å². The molecule has 1 aliphatic rings. The Labute approximate surface area is 117 Å². The Morgan fingerprint density at radius 1 is 1.53 bits per heavy atom. The lowest BCUT2D eigenvalue weighted by Crippen LogP contribution is -2.42. The summed E-state index contributed by atoms with van der Waals surface area (Å²) in [5.41, 5.74) is 1.06. The van der Waals surface area contributed by atoms with E-state index in [1.165, 1.54) is 4.88 Å². The van der Waals surface area contributed by atoms with Gasteiger partial charge in [-0.25, -0.2) is 4.98 Å². The quantitative estimate of drug-likeness (QED) is 0.891. The van der Waals surface area contributed by atoms with Crippen molar-refractivity contribution >= 4 is 17.3 Å². The van der Waals surface area contributed by atoms with E-state index in [1.807, 2.05) is 13.8 Å². The van der Waals surface area contributed by atoms with Gasteiger partial charge < -0.3 is 9.84 Å². The summed E-state index contributed by atoms with van der Waals surface area (Å²) in [7, 11) is 0. The Bertz CT molecular complexity index is 441. The minimum absolute atomic E-state index is 0.0491. The molecule has 0 amide bonds. The van der Waals surface area contributed by atoms with Crippen LogP contribution in [0, 0.1) is 19.8 Å². The van der Waals surface area contributed by atoms with Crippen molar-refractivity contribution in [2.45, 2.75) is 33.4 Å². The monoisotopic (exact) mass is 284 g/mol. The third-order valence-electron chi connectivity index (χ3n) is 3.65. The Kier molecular flexibility index (Phi) is 4.54. The second-order valence-electron chi connectivity index (χ2n) is 4.86. The number of aliphatic carboxylic acids is 1. The zero-order valence-corrected chi connectivity index (χ0v) is 12.4. The van der Waals surface area contributed by atoms with Crippen LogP contribution in [0.2, 0.25) is 0 Å². The minimum atomic E-state index is -0.771. The summed E-state index contributed by atoms with van der Waals surface area (Å²) in [6, 6.07) is -0.0491. The summed E-state index contributed by atoms with van der Waals surface area (Å²) in [4.78, 5) is 19.1. The summed E-state index contributed by atoms with van der Waals surface area (Å²) in [6.07, 6.45) is 0. The predicted molar refractivity (Wildman–Crippen MR) is 73.4 cm³/mol. The fourth-order valence-corrected chi connectivity index (χ4v) is 3.34. The van der Waals surface area contributed by atoms with E-state index >= 15 is 0 Å². The highest BCUT2D eigenvalue weighted by molar-refractivity contribution is 7.11. The maximum absolute atomic E-state index is 11.2. The number of aromatic nitrogens is 1. The van der Waals surface area contributed by atoms with Gasteiger partial charge in [0.2, 0.25) is 0 Å². The molecule has 5 nitrogen and oxygen atoms in total. The lowest BCUT2D eigenvalue weighted by atomic mass is 10.0. The van der Waals surface area contributed by atoms with Gasteiger partial charge in [0.15, 0.2) is 0 Å². The number of nitrogens with zero attached hydrogens (tertiary/aromatic N) is 2. The van der Waals surface area contributed by atoms with Crippen LogP contribution < -0.4 is 0 Å². The predicted octanol–water partition coefficient (Wildman–Crippen LogP) is 1.68. The highest BCUT2D eigenvalue weighted by Crippen LogP contribution is 2.24. The number of carbonyl (C=O) groups is 1. The average Bonchev–Trinajstić information content (AvgIpc) is 2.94. The van der Waals surface area contributed by atoms with Gasteiger partial charge in [-0.3, -0.25) is 9.69 Å². The van der Waals surface area contributed by atoms with Crippen LogP contribution in [0.25, 0.3) is 0 Å². The van der Waals surface area contributed by atoms with E-state index < -0.39 is 11.9 Å². The Balaban J connectivity index is 2.09. The first kappa shape index (κ1) is 14.4. The van der Waals surface area contributed by atoms with Crippen molar-refractivity contribution < 1.29 is 14.6 Å². The number of ether oxygens (including phenoxy) is 1. The highest BCUT2D eigenvalue weighted by atomic mass is 32.1. The van der Waals surface area contributed by atoms with Gasteiger partial charge in [0.05, 0.1) is 31.4 Å². The van der Waals surface area contributed by atoms with Crippen molar-refractivity contribution in [2.24, 2.45) is 5.92 Å². The molecule has 1 saturated heterocycles. The molecule has 1 aromatic heterocycles. The average molecular weight is 284 g/mol. The summed E-state index contributed by atoms with van der Waals surface area (Å²) in [5, 5.41) is 10.3. The van der Waals surface area contributed by atoms with E-state index in [1.54, 1.807) is 11.3 Å². The van der Waals surface area contributed by atoms with Crippen LogP contribution in [0.15, 0.2) is 0 Å².